The summed E-state index contributed by atoms with van der Waals surface area (Å²) in [6.45, 7) is -0.343. The van der Waals surface area contributed by atoms with Crippen LogP contribution in [0, 0.1) is 10.1 Å². The summed E-state index contributed by atoms with van der Waals surface area (Å²) in [4.78, 5) is 29.9. The van der Waals surface area contributed by atoms with E-state index < -0.39 is 10.8 Å². The number of anilines is 1. The Bertz CT molecular complexity index is 719. The monoisotopic (exact) mass is 340 g/mol. The van der Waals surface area contributed by atoms with Gasteiger partial charge in [0.2, 0.25) is 0 Å². The molecule has 1 heterocycles. The number of thiazole rings is 1. The van der Waals surface area contributed by atoms with Gasteiger partial charge < -0.3 is 4.84 Å². The van der Waals surface area contributed by atoms with Crippen LogP contribution >= 0.6 is 22.9 Å². The first-order valence-electron chi connectivity index (χ1n) is 5.85. The summed E-state index contributed by atoms with van der Waals surface area (Å²) in [5.74, 6) is -0.521. The number of carbonyl (C=O) groups excluding carboxylic acids is 1. The minimum atomic E-state index is -0.584. The molecule has 0 aliphatic heterocycles. The minimum absolute atomic E-state index is 0.124. The molecular weight excluding hydrogens is 332 g/mol. The number of oxime groups is 1. The highest BCUT2D eigenvalue weighted by molar-refractivity contribution is 7.18. The molecule has 22 heavy (non-hydrogen) atoms. The smallest absolute Gasteiger partial charge is 0.345 e. The molecule has 0 unspecified atom stereocenters. The summed E-state index contributed by atoms with van der Waals surface area (Å²) in [5.41, 5.74) is 0.725. The van der Waals surface area contributed by atoms with Crippen molar-refractivity contribution in [2.24, 2.45) is 5.16 Å². The van der Waals surface area contributed by atoms with E-state index in [1.165, 1.54) is 6.21 Å². The third-order valence-electron chi connectivity index (χ3n) is 2.24. The van der Waals surface area contributed by atoms with Gasteiger partial charge in [-0.2, -0.15) is 0 Å². The third-order valence-corrected chi connectivity index (χ3v) is 3.34. The van der Waals surface area contributed by atoms with Crippen molar-refractivity contribution in [3.63, 3.8) is 0 Å². The quantitative estimate of drug-likeness (QED) is 0.494. The molecule has 0 aliphatic carbocycles. The second-order valence-corrected chi connectivity index (χ2v) is 5.32. The topological polar surface area (TPSA) is 107 Å². The van der Waals surface area contributed by atoms with Gasteiger partial charge in [0.05, 0.1) is 11.1 Å². The lowest BCUT2D eigenvalue weighted by Crippen LogP contribution is -2.16. The van der Waals surface area contributed by atoms with Crippen LogP contribution in [-0.2, 0) is 9.63 Å². The zero-order valence-electron chi connectivity index (χ0n) is 10.9. The van der Waals surface area contributed by atoms with Crippen molar-refractivity contribution in [2.45, 2.75) is 0 Å². The number of nitrogens with zero attached hydrogens (tertiary/aromatic N) is 3. The summed E-state index contributed by atoms with van der Waals surface area (Å²) in [7, 11) is 0. The summed E-state index contributed by atoms with van der Waals surface area (Å²) >= 11 is 6.56. The van der Waals surface area contributed by atoms with Gasteiger partial charge in [0, 0.05) is 5.02 Å². The molecule has 1 aromatic heterocycles. The van der Waals surface area contributed by atoms with Crippen LogP contribution in [-0.4, -0.2) is 28.6 Å². The lowest BCUT2D eigenvalue weighted by atomic mass is 10.2. The zero-order chi connectivity index (χ0) is 15.9. The number of aromatic nitrogens is 1. The number of hydrogen-bond donors (Lipinski definition) is 1. The van der Waals surface area contributed by atoms with Crippen molar-refractivity contribution in [3.05, 3.63) is 51.2 Å². The molecule has 1 amide bonds. The Balaban J connectivity index is 1.79. The average molecular weight is 341 g/mol. The van der Waals surface area contributed by atoms with Gasteiger partial charge in [0.1, 0.15) is 6.20 Å². The van der Waals surface area contributed by atoms with Crippen LogP contribution in [0.1, 0.15) is 5.56 Å². The average Bonchev–Trinajstić information content (AvgIpc) is 2.92. The lowest BCUT2D eigenvalue weighted by Gasteiger charge is -1.99. The summed E-state index contributed by atoms with van der Waals surface area (Å²) in [6, 6.07) is 6.93. The van der Waals surface area contributed by atoms with Crippen LogP contribution in [0.3, 0.4) is 0 Å². The number of benzene rings is 1. The molecule has 1 aromatic carbocycles. The lowest BCUT2D eigenvalue weighted by molar-refractivity contribution is -0.380. The number of carbonyl (C=O) groups is 1. The summed E-state index contributed by atoms with van der Waals surface area (Å²) < 4.78 is 0. The Hall–Kier alpha value is -2.52. The second-order valence-electron chi connectivity index (χ2n) is 3.87. The highest BCUT2D eigenvalue weighted by atomic mass is 35.5. The van der Waals surface area contributed by atoms with Crippen LogP contribution < -0.4 is 5.32 Å². The first-order chi connectivity index (χ1) is 10.5. The van der Waals surface area contributed by atoms with Crippen molar-refractivity contribution in [1.82, 2.24) is 4.98 Å². The van der Waals surface area contributed by atoms with Crippen molar-refractivity contribution in [2.75, 3.05) is 11.9 Å². The molecule has 0 radical (unpaired) electrons. The number of nitro groups is 1. The van der Waals surface area contributed by atoms with Gasteiger partial charge in [0.15, 0.2) is 11.7 Å². The molecule has 0 saturated heterocycles. The molecule has 114 valence electrons. The van der Waals surface area contributed by atoms with E-state index in [0.29, 0.717) is 5.02 Å². The fourth-order valence-electron chi connectivity index (χ4n) is 1.34. The Morgan fingerprint density at radius 1 is 1.59 bits per heavy atom. The van der Waals surface area contributed by atoms with Gasteiger partial charge >= 0.3 is 5.00 Å². The van der Waals surface area contributed by atoms with E-state index in [1.807, 2.05) is 0 Å². The Labute approximate surface area is 133 Å². The van der Waals surface area contributed by atoms with Gasteiger partial charge in [-0.05, 0) is 29.0 Å². The normalized spacial score (nSPS) is 10.6. The summed E-state index contributed by atoms with van der Waals surface area (Å²) in [5, 5.41) is 17.0. The SMILES string of the molecule is O=C(CON=Cc1cccc(Cl)c1)Nc1ncc([N+](=O)[O-])s1. The molecule has 0 spiro atoms. The maximum absolute atomic E-state index is 11.5. The van der Waals surface area contributed by atoms with E-state index in [0.717, 1.165) is 23.1 Å². The van der Waals surface area contributed by atoms with Gasteiger partial charge in [-0.1, -0.05) is 28.9 Å². The molecule has 1 N–H and O–H groups in total. The van der Waals surface area contributed by atoms with Crippen LogP contribution in [0.25, 0.3) is 0 Å². The predicted octanol–water partition coefficient (Wildman–Crippen LogP) is 2.69. The molecule has 8 nitrogen and oxygen atoms in total. The molecule has 0 atom stereocenters. The Kier molecular flexibility index (Phi) is 5.39. The van der Waals surface area contributed by atoms with Gasteiger partial charge in [-0.15, -0.1) is 0 Å². The molecule has 0 aliphatic rings. The largest absolute Gasteiger partial charge is 0.386 e. The molecule has 10 heteroatoms. The zero-order valence-corrected chi connectivity index (χ0v) is 12.5. The molecule has 0 bridgehead atoms. The molecule has 0 fully saturated rings. The highest BCUT2D eigenvalue weighted by Crippen LogP contribution is 2.24. The standard InChI is InChI=1S/C12H9ClN4O4S/c13-9-3-1-2-8(4-9)5-15-21-7-10(18)16-12-14-6-11(22-12)17(19)20/h1-6H,7H2,(H,14,16,18). The fraction of sp³-hybridized carbons (Fsp3) is 0.0833. The maximum atomic E-state index is 11.5. The van der Waals surface area contributed by atoms with Crippen molar-refractivity contribution < 1.29 is 14.6 Å². The Morgan fingerprint density at radius 2 is 2.41 bits per heavy atom. The van der Waals surface area contributed by atoms with Gasteiger partial charge in [0.25, 0.3) is 5.91 Å². The van der Waals surface area contributed by atoms with Gasteiger partial charge in [-0.25, -0.2) is 4.98 Å². The summed E-state index contributed by atoms with van der Waals surface area (Å²) in [6.07, 6.45) is 2.48. The molecule has 2 rings (SSSR count). The molecular formula is C12H9ClN4O4S. The number of halogens is 1. The fourth-order valence-corrected chi connectivity index (χ4v) is 2.19. The van der Waals surface area contributed by atoms with Crippen LogP contribution in [0.2, 0.25) is 5.02 Å². The van der Waals surface area contributed by atoms with Crippen LogP contribution in [0.4, 0.5) is 10.1 Å². The third kappa shape index (κ3) is 4.79. The minimum Gasteiger partial charge on any atom is -0.386 e. The number of nitrogens with one attached hydrogen (secondary N) is 1. The van der Waals surface area contributed by atoms with Crippen LogP contribution in [0.5, 0.6) is 0 Å². The molecule has 0 saturated carbocycles. The van der Waals surface area contributed by atoms with Crippen molar-refractivity contribution >= 4 is 45.2 Å². The van der Waals surface area contributed by atoms with Gasteiger partial charge in [-0.3, -0.25) is 20.2 Å². The first kappa shape index (κ1) is 15.9. The number of rotatable bonds is 6. The van der Waals surface area contributed by atoms with E-state index in [-0.39, 0.29) is 16.7 Å². The van der Waals surface area contributed by atoms with E-state index >= 15 is 0 Å². The number of hydrogen-bond acceptors (Lipinski definition) is 7. The van der Waals surface area contributed by atoms with Crippen molar-refractivity contribution in [1.29, 1.82) is 0 Å². The molecule has 2 aromatic rings. The van der Waals surface area contributed by atoms with Crippen molar-refractivity contribution in [3.8, 4) is 0 Å². The first-order valence-corrected chi connectivity index (χ1v) is 7.05. The maximum Gasteiger partial charge on any atom is 0.345 e. The van der Waals surface area contributed by atoms with E-state index in [9.17, 15) is 14.9 Å². The second kappa shape index (κ2) is 7.48. The predicted molar refractivity (Wildman–Crippen MR) is 82.4 cm³/mol. The van der Waals surface area contributed by atoms with Crippen LogP contribution in [0.15, 0.2) is 35.6 Å². The van der Waals surface area contributed by atoms with E-state index in [4.69, 9.17) is 16.4 Å². The Morgan fingerprint density at radius 3 is 3.09 bits per heavy atom. The number of amides is 1. The van der Waals surface area contributed by atoms with E-state index in [2.05, 4.69) is 15.5 Å². The van der Waals surface area contributed by atoms with E-state index in [1.54, 1.807) is 24.3 Å². The highest BCUT2D eigenvalue weighted by Gasteiger charge is 2.13.